The number of benzene rings is 1. The van der Waals surface area contributed by atoms with Crippen molar-refractivity contribution >= 4 is 28.3 Å². The zero-order valence-electron chi connectivity index (χ0n) is 13.3. The van der Waals surface area contributed by atoms with E-state index < -0.39 is 10.0 Å². The Hall–Kier alpha value is -1.15. The van der Waals surface area contributed by atoms with Crippen LogP contribution in [0.3, 0.4) is 0 Å². The first-order chi connectivity index (χ1) is 10.4. The zero-order chi connectivity index (χ0) is 16.2. The first-order valence-corrected chi connectivity index (χ1v) is 8.94. The number of carbonyl (C=O) groups is 1. The van der Waals surface area contributed by atoms with Crippen LogP contribution in [-0.4, -0.2) is 34.5 Å². The molecule has 0 aromatic heterocycles. The van der Waals surface area contributed by atoms with Crippen LogP contribution >= 0.6 is 12.4 Å². The Balaban J connectivity index is 0.00000264. The highest BCUT2D eigenvalue weighted by Gasteiger charge is 2.20. The van der Waals surface area contributed by atoms with Gasteiger partial charge in [0.2, 0.25) is 15.9 Å². The van der Waals surface area contributed by atoms with Crippen molar-refractivity contribution in [3.63, 3.8) is 0 Å². The summed E-state index contributed by atoms with van der Waals surface area (Å²) in [5.41, 5.74) is 0.866. The minimum absolute atomic E-state index is 0. The summed E-state index contributed by atoms with van der Waals surface area (Å²) in [6, 6.07) is 6.34. The normalized spacial score (nSPS) is 15.6. The third-order valence-corrected chi connectivity index (χ3v) is 5.18. The highest BCUT2D eigenvalue weighted by molar-refractivity contribution is 7.89. The summed E-state index contributed by atoms with van der Waals surface area (Å²) in [5, 5.41) is 6.04. The van der Waals surface area contributed by atoms with E-state index in [0.29, 0.717) is 6.54 Å². The highest BCUT2D eigenvalue weighted by atomic mass is 35.5. The molecule has 1 aliphatic rings. The van der Waals surface area contributed by atoms with Gasteiger partial charge in [-0.25, -0.2) is 13.1 Å². The average Bonchev–Trinajstić information content (AvgIpc) is 3.31. The summed E-state index contributed by atoms with van der Waals surface area (Å²) in [6.07, 6.45) is 2.51. The lowest BCUT2D eigenvalue weighted by Gasteiger charge is -2.15. The summed E-state index contributed by atoms with van der Waals surface area (Å²) in [6.45, 7) is 3.09. The number of hydrogen-bond acceptors (Lipinski definition) is 4. The average molecular weight is 362 g/mol. The number of amides is 1. The van der Waals surface area contributed by atoms with E-state index in [9.17, 15) is 13.2 Å². The Morgan fingerprint density at radius 2 is 1.87 bits per heavy atom. The third-order valence-electron chi connectivity index (χ3n) is 3.75. The fraction of sp³-hybridized carbons (Fsp3) is 0.533. The fourth-order valence-electron chi connectivity index (χ4n) is 2.14. The van der Waals surface area contributed by atoms with Gasteiger partial charge in [0.1, 0.15) is 0 Å². The maximum absolute atomic E-state index is 11.8. The summed E-state index contributed by atoms with van der Waals surface area (Å²) in [7, 11) is -2.05. The molecule has 1 aliphatic carbocycles. The van der Waals surface area contributed by atoms with E-state index in [-0.39, 0.29) is 29.3 Å². The molecule has 1 aromatic rings. The van der Waals surface area contributed by atoms with Crippen LogP contribution in [0.5, 0.6) is 0 Å². The lowest BCUT2D eigenvalue weighted by Crippen LogP contribution is -2.36. The lowest BCUT2D eigenvalue weighted by atomic mass is 10.1. The van der Waals surface area contributed by atoms with E-state index in [0.717, 1.165) is 18.0 Å². The number of carbonyl (C=O) groups excluding carboxylic acids is 1. The Morgan fingerprint density at radius 1 is 1.26 bits per heavy atom. The molecule has 6 nitrogen and oxygen atoms in total. The molecule has 0 bridgehead atoms. The molecule has 1 unspecified atom stereocenters. The summed E-state index contributed by atoms with van der Waals surface area (Å²) in [5.74, 6) is 0.687. The van der Waals surface area contributed by atoms with Crippen LogP contribution in [0.1, 0.15) is 31.4 Å². The first kappa shape index (κ1) is 19.9. The van der Waals surface area contributed by atoms with Gasteiger partial charge >= 0.3 is 0 Å². The molecule has 130 valence electrons. The van der Waals surface area contributed by atoms with Crippen LogP contribution in [0, 0.1) is 5.92 Å². The van der Waals surface area contributed by atoms with E-state index >= 15 is 0 Å². The molecule has 23 heavy (non-hydrogen) atoms. The fourth-order valence-corrected chi connectivity index (χ4v) is 2.87. The van der Waals surface area contributed by atoms with E-state index in [1.54, 1.807) is 12.1 Å². The molecule has 1 fully saturated rings. The third kappa shape index (κ3) is 6.10. The van der Waals surface area contributed by atoms with Crippen molar-refractivity contribution < 1.29 is 13.2 Å². The number of sulfonamides is 1. The molecule has 0 radical (unpaired) electrons. The van der Waals surface area contributed by atoms with Gasteiger partial charge in [-0.1, -0.05) is 12.1 Å². The quantitative estimate of drug-likeness (QED) is 0.649. The van der Waals surface area contributed by atoms with Gasteiger partial charge < -0.3 is 10.6 Å². The molecule has 0 saturated heterocycles. The van der Waals surface area contributed by atoms with Gasteiger partial charge in [0.15, 0.2) is 0 Å². The van der Waals surface area contributed by atoms with E-state index in [4.69, 9.17) is 0 Å². The van der Waals surface area contributed by atoms with Gasteiger partial charge in [0, 0.05) is 0 Å². The van der Waals surface area contributed by atoms with E-state index in [2.05, 4.69) is 15.4 Å². The second-order valence-corrected chi connectivity index (χ2v) is 7.53. The molecule has 8 heteroatoms. The second kappa shape index (κ2) is 8.63. The van der Waals surface area contributed by atoms with Gasteiger partial charge in [-0.3, -0.25) is 4.79 Å². The minimum atomic E-state index is -3.43. The number of hydrogen-bond donors (Lipinski definition) is 3. The zero-order valence-corrected chi connectivity index (χ0v) is 15.0. The van der Waals surface area contributed by atoms with Crippen LogP contribution in [0.2, 0.25) is 0 Å². The summed E-state index contributed by atoms with van der Waals surface area (Å²) < 4.78 is 25.6. The van der Waals surface area contributed by atoms with Crippen LogP contribution < -0.4 is 15.4 Å². The standard InChI is InChI=1S/C15H23N3O3S.ClH/c1-11(18-15(19)10-17-9-12-3-4-12)13-5-7-14(8-6-13)22(20,21)16-2;/h5-8,11-12,16-17H,3-4,9-10H2,1-2H3,(H,18,19);1H. The molecule has 0 spiro atoms. The molecule has 0 heterocycles. The molecule has 2 rings (SSSR count). The minimum Gasteiger partial charge on any atom is -0.348 e. The Bertz CT molecular complexity index is 615. The Kier molecular flexibility index (Phi) is 7.47. The van der Waals surface area contributed by atoms with Crippen molar-refractivity contribution in [3.8, 4) is 0 Å². The summed E-state index contributed by atoms with van der Waals surface area (Å²) in [4.78, 5) is 12.0. The molecule has 0 aliphatic heterocycles. The van der Waals surface area contributed by atoms with Crippen LogP contribution in [0.25, 0.3) is 0 Å². The van der Waals surface area contributed by atoms with Crippen molar-refractivity contribution in [3.05, 3.63) is 29.8 Å². The Labute approximate surface area is 143 Å². The smallest absolute Gasteiger partial charge is 0.240 e. The van der Waals surface area contributed by atoms with Crippen LogP contribution in [0.15, 0.2) is 29.2 Å². The van der Waals surface area contributed by atoms with E-state index in [1.807, 2.05) is 6.92 Å². The van der Waals surface area contributed by atoms with Crippen molar-refractivity contribution in [2.24, 2.45) is 5.92 Å². The van der Waals surface area contributed by atoms with Crippen molar-refractivity contribution in [1.29, 1.82) is 0 Å². The molecular formula is C15H24ClN3O3S. The predicted molar refractivity (Wildman–Crippen MR) is 92.1 cm³/mol. The Morgan fingerprint density at radius 3 is 2.39 bits per heavy atom. The predicted octanol–water partition coefficient (Wildman–Crippen LogP) is 1.19. The second-order valence-electron chi connectivity index (χ2n) is 5.64. The van der Waals surface area contributed by atoms with Crippen molar-refractivity contribution in [2.75, 3.05) is 20.1 Å². The molecule has 1 atom stereocenters. The van der Waals surface area contributed by atoms with Gasteiger partial charge in [-0.2, -0.15) is 0 Å². The SMILES string of the molecule is CNS(=O)(=O)c1ccc(C(C)NC(=O)CNCC2CC2)cc1.Cl. The van der Waals surface area contributed by atoms with Gasteiger partial charge in [-0.15, -0.1) is 12.4 Å². The monoisotopic (exact) mass is 361 g/mol. The van der Waals surface area contributed by atoms with Crippen LogP contribution in [-0.2, 0) is 14.8 Å². The maximum atomic E-state index is 11.8. The highest BCUT2D eigenvalue weighted by Crippen LogP contribution is 2.27. The maximum Gasteiger partial charge on any atom is 0.240 e. The molecule has 1 amide bonds. The number of halogens is 1. The molecule has 1 aromatic carbocycles. The lowest BCUT2D eigenvalue weighted by molar-refractivity contribution is -0.120. The first-order valence-electron chi connectivity index (χ1n) is 7.46. The summed E-state index contributed by atoms with van der Waals surface area (Å²) >= 11 is 0. The van der Waals surface area contributed by atoms with Crippen molar-refractivity contribution in [1.82, 2.24) is 15.4 Å². The number of nitrogens with one attached hydrogen (secondary N) is 3. The van der Waals surface area contributed by atoms with Gasteiger partial charge in [0.25, 0.3) is 0 Å². The molecular weight excluding hydrogens is 338 g/mol. The van der Waals surface area contributed by atoms with Crippen LogP contribution in [0.4, 0.5) is 0 Å². The van der Waals surface area contributed by atoms with Gasteiger partial charge in [0.05, 0.1) is 17.5 Å². The van der Waals surface area contributed by atoms with Crippen molar-refractivity contribution in [2.45, 2.75) is 30.7 Å². The number of rotatable bonds is 8. The largest absolute Gasteiger partial charge is 0.348 e. The topological polar surface area (TPSA) is 87.3 Å². The van der Waals surface area contributed by atoms with Gasteiger partial charge in [-0.05, 0) is 57.0 Å². The van der Waals surface area contributed by atoms with E-state index in [1.165, 1.54) is 32.0 Å². The molecule has 3 N–H and O–H groups in total. The molecule has 1 saturated carbocycles.